The van der Waals surface area contributed by atoms with Gasteiger partial charge in [-0.15, -0.1) is 0 Å². The monoisotopic (exact) mass is 294 g/mol. The zero-order chi connectivity index (χ0) is 14.6. The highest BCUT2D eigenvalue weighted by Gasteiger charge is 2.48. The van der Waals surface area contributed by atoms with Crippen molar-refractivity contribution in [2.75, 3.05) is 6.61 Å². The molecule has 104 valence electrons. The first-order valence-electron chi connectivity index (χ1n) is 5.32. The van der Waals surface area contributed by atoms with Crippen LogP contribution in [-0.2, 0) is 20.7 Å². The minimum absolute atomic E-state index is 0.159. The maximum atomic E-state index is 13.4. The van der Waals surface area contributed by atoms with Crippen molar-refractivity contribution >= 4 is 23.4 Å². The Balaban J connectivity index is 2.93. The number of ketones is 1. The van der Waals surface area contributed by atoms with Gasteiger partial charge >= 0.3 is 11.9 Å². The number of carbonyl (C=O) groups is 2. The van der Waals surface area contributed by atoms with Crippen molar-refractivity contribution in [1.82, 2.24) is 0 Å². The van der Waals surface area contributed by atoms with Gasteiger partial charge in [0.25, 0.3) is 0 Å². The molecule has 0 aliphatic rings. The zero-order valence-electron chi connectivity index (χ0n) is 9.88. The van der Waals surface area contributed by atoms with Gasteiger partial charge in [0, 0.05) is 17.0 Å². The smallest absolute Gasteiger partial charge is 0.400 e. The van der Waals surface area contributed by atoms with E-state index in [4.69, 9.17) is 11.6 Å². The summed E-state index contributed by atoms with van der Waals surface area (Å²) < 4.78 is 44.2. The van der Waals surface area contributed by atoms with Crippen LogP contribution >= 0.6 is 11.6 Å². The van der Waals surface area contributed by atoms with Crippen molar-refractivity contribution in [3.8, 4) is 0 Å². The van der Waals surface area contributed by atoms with Crippen LogP contribution in [0, 0.1) is 5.82 Å². The molecule has 1 aromatic carbocycles. The van der Waals surface area contributed by atoms with Crippen LogP contribution in [-0.4, -0.2) is 24.3 Å². The number of hydrogen-bond acceptors (Lipinski definition) is 3. The summed E-state index contributed by atoms with van der Waals surface area (Å²) in [4.78, 5) is 22.3. The quantitative estimate of drug-likeness (QED) is 0.619. The molecule has 0 aliphatic carbocycles. The Bertz CT molecular complexity index is 483. The van der Waals surface area contributed by atoms with Crippen LogP contribution < -0.4 is 0 Å². The number of alkyl halides is 2. The van der Waals surface area contributed by atoms with E-state index in [0.717, 1.165) is 6.07 Å². The van der Waals surface area contributed by atoms with E-state index < -0.39 is 29.9 Å². The SMILES string of the molecule is CCOC(=O)C(F)(F)C(=O)Cc1c(F)cccc1Cl. The molecule has 0 saturated carbocycles. The van der Waals surface area contributed by atoms with E-state index in [9.17, 15) is 22.8 Å². The summed E-state index contributed by atoms with van der Waals surface area (Å²) in [5.41, 5.74) is -0.377. The molecule has 0 heterocycles. The largest absolute Gasteiger partial charge is 0.461 e. The normalized spacial score (nSPS) is 11.2. The fourth-order valence-electron chi connectivity index (χ4n) is 1.31. The number of carbonyl (C=O) groups excluding carboxylic acids is 2. The van der Waals surface area contributed by atoms with E-state index in [0.29, 0.717) is 0 Å². The third-order valence-electron chi connectivity index (χ3n) is 2.28. The lowest BCUT2D eigenvalue weighted by Crippen LogP contribution is -2.40. The number of hydrogen-bond donors (Lipinski definition) is 0. The molecule has 0 bridgehead atoms. The molecule has 0 unspecified atom stereocenters. The van der Waals surface area contributed by atoms with Crippen molar-refractivity contribution in [1.29, 1.82) is 0 Å². The van der Waals surface area contributed by atoms with Gasteiger partial charge in [0.1, 0.15) is 5.82 Å². The standard InChI is InChI=1S/C12H10ClF3O3/c1-2-19-11(18)12(15,16)10(17)6-7-8(13)4-3-5-9(7)14/h3-5H,2,6H2,1H3. The predicted octanol–water partition coefficient (Wildman–Crippen LogP) is 2.79. The van der Waals surface area contributed by atoms with Gasteiger partial charge in [-0.1, -0.05) is 17.7 Å². The Morgan fingerprint density at radius 2 is 2.00 bits per heavy atom. The third kappa shape index (κ3) is 3.47. The van der Waals surface area contributed by atoms with Crippen LogP contribution in [0.4, 0.5) is 13.2 Å². The van der Waals surface area contributed by atoms with Crippen molar-refractivity contribution in [3.63, 3.8) is 0 Å². The van der Waals surface area contributed by atoms with Crippen molar-refractivity contribution < 1.29 is 27.5 Å². The summed E-state index contributed by atoms with van der Waals surface area (Å²) in [6.45, 7) is 1.04. The molecule has 0 aliphatic heterocycles. The maximum absolute atomic E-state index is 13.4. The first kappa shape index (κ1) is 15.5. The van der Waals surface area contributed by atoms with Gasteiger partial charge in [0.05, 0.1) is 6.61 Å². The average Bonchev–Trinajstić information content (AvgIpc) is 2.34. The van der Waals surface area contributed by atoms with Crippen LogP contribution in [0.15, 0.2) is 18.2 Å². The highest BCUT2D eigenvalue weighted by Crippen LogP contribution is 2.24. The van der Waals surface area contributed by atoms with Crippen LogP contribution in [0.2, 0.25) is 5.02 Å². The highest BCUT2D eigenvalue weighted by atomic mass is 35.5. The lowest BCUT2D eigenvalue weighted by molar-refractivity contribution is -0.176. The van der Waals surface area contributed by atoms with Crippen LogP contribution in [0.5, 0.6) is 0 Å². The molecule has 0 amide bonds. The summed E-state index contributed by atoms with van der Waals surface area (Å²) in [5, 5.41) is -0.159. The average molecular weight is 295 g/mol. The molecule has 7 heteroatoms. The third-order valence-corrected chi connectivity index (χ3v) is 2.64. The van der Waals surface area contributed by atoms with Gasteiger partial charge in [-0.2, -0.15) is 8.78 Å². The van der Waals surface area contributed by atoms with E-state index in [1.165, 1.54) is 19.1 Å². The van der Waals surface area contributed by atoms with E-state index in [1.54, 1.807) is 0 Å². The molecule has 0 spiro atoms. The second-order valence-corrected chi connectivity index (χ2v) is 4.00. The van der Waals surface area contributed by atoms with Crippen molar-refractivity contribution in [3.05, 3.63) is 34.6 Å². The predicted molar refractivity (Wildman–Crippen MR) is 61.7 cm³/mol. The molecule has 3 nitrogen and oxygen atoms in total. The number of halogens is 4. The Morgan fingerprint density at radius 1 is 1.37 bits per heavy atom. The highest BCUT2D eigenvalue weighted by molar-refractivity contribution is 6.31. The first-order valence-corrected chi connectivity index (χ1v) is 5.69. The number of Topliss-reactive ketones (excluding diaryl/α,β-unsaturated/α-hetero) is 1. The summed E-state index contributed by atoms with van der Waals surface area (Å²) in [5.74, 6) is -8.92. The van der Waals surface area contributed by atoms with E-state index in [1.807, 2.05) is 0 Å². The Labute approximate surface area is 112 Å². The fourth-order valence-corrected chi connectivity index (χ4v) is 1.54. The minimum Gasteiger partial charge on any atom is -0.461 e. The molecular formula is C12H10ClF3O3. The van der Waals surface area contributed by atoms with Gasteiger partial charge in [-0.25, -0.2) is 9.18 Å². The fraction of sp³-hybridized carbons (Fsp3) is 0.333. The molecule has 0 radical (unpaired) electrons. The number of esters is 1. The molecule has 1 rings (SSSR count). The summed E-state index contributed by atoms with van der Waals surface area (Å²) in [6.07, 6.45) is -0.989. The molecular weight excluding hydrogens is 285 g/mol. The lowest BCUT2D eigenvalue weighted by Gasteiger charge is -2.14. The maximum Gasteiger partial charge on any atom is 0.400 e. The Morgan fingerprint density at radius 3 is 2.53 bits per heavy atom. The number of benzene rings is 1. The van der Waals surface area contributed by atoms with Crippen LogP contribution in [0.25, 0.3) is 0 Å². The van der Waals surface area contributed by atoms with Crippen molar-refractivity contribution in [2.45, 2.75) is 19.3 Å². The number of rotatable bonds is 5. The Kier molecular flexibility index (Phi) is 4.94. The van der Waals surface area contributed by atoms with Gasteiger partial charge in [0.2, 0.25) is 5.78 Å². The van der Waals surface area contributed by atoms with E-state index in [-0.39, 0.29) is 17.2 Å². The minimum atomic E-state index is -4.32. The van der Waals surface area contributed by atoms with Gasteiger partial charge in [0.15, 0.2) is 0 Å². The van der Waals surface area contributed by atoms with E-state index >= 15 is 0 Å². The molecule has 0 fully saturated rings. The second-order valence-electron chi connectivity index (χ2n) is 3.60. The van der Waals surface area contributed by atoms with Crippen LogP contribution in [0.3, 0.4) is 0 Å². The summed E-state index contributed by atoms with van der Waals surface area (Å²) >= 11 is 5.61. The summed E-state index contributed by atoms with van der Waals surface area (Å²) in [7, 11) is 0. The molecule has 0 N–H and O–H groups in total. The van der Waals surface area contributed by atoms with Crippen LogP contribution in [0.1, 0.15) is 12.5 Å². The van der Waals surface area contributed by atoms with Gasteiger partial charge in [-0.3, -0.25) is 4.79 Å². The van der Waals surface area contributed by atoms with E-state index in [2.05, 4.69) is 4.74 Å². The van der Waals surface area contributed by atoms with Gasteiger partial charge < -0.3 is 4.74 Å². The molecule has 0 saturated heterocycles. The second kappa shape index (κ2) is 6.06. The lowest BCUT2D eigenvalue weighted by atomic mass is 10.0. The van der Waals surface area contributed by atoms with Gasteiger partial charge in [-0.05, 0) is 19.1 Å². The first-order chi connectivity index (χ1) is 8.80. The molecule has 19 heavy (non-hydrogen) atoms. The Hall–Kier alpha value is -1.56. The summed E-state index contributed by atoms with van der Waals surface area (Å²) in [6, 6.07) is 3.52. The molecule has 1 aromatic rings. The zero-order valence-corrected chi connectivity index (χ0v) is 10.6. The topological polar surface area (TPSA) is 43.4 Å². The molecule has 0 aromatic heterocycles. The number of ether oxygens (including phenoxy) is 1. The van der Waals surface area contributed by atoms with Crippen molar-refractivity contribution in [2.24, 2.45) is 0 Å². The molecule has 0 atom stereocenters.